The minimum Gasteiger partial charge on any atom is -0.385 e. The van der Waals surface area contributed by atoms with E-state index in [2.05, 4.69) is 32.9 Å². The average Bonchev–Trinajstić information content (AvgIpc) is 2.34. The van der Waals surface area contributed by atoms with E-state index in [9.17, 15) is 4.79 Å². The van der Waals surface area contributed by atoms with Crippen molar-refractivity contribution in [3.05, 3.63) is 35.4 Å². The number of hydrogen-bond acceptors (Lipinski definition) is 2. The van der Waals surface area contributed by atoms with Crippen LogP contribution in [0.25, 0.3) is 0 Å². The Labute approximate surface area is 110 Å². The van der Waals surface area contributed by atoms with Gasteiger partial charge >= 0.3 is 0 Å². The molecule has 1 unspecified atom stereocenters. The molecule has 2 heteroatoms. The molecule has 0 aliphatic heterocycles. The highest BCUT2D eigenvalue weighted by atomic mass is 16.5. The van der Waals surface area contributed by atoms with Gasteiger partial charge in [-0.3, -0.25) is 4.79 Å². The first kappa shape index (κ1) is 14.9. The molecule has 1 aromatic carbocycles. The maximum Gasteiger partial charge on any atom is 0.165 e. The molecule has 0 aromatic heterocycles. The molecule has 1 aromatic rings. The van der Waals surface area contributed by atoms with E-state index in [-0.39, 0.29) is 17.1 Å². The molecule has 1 atom stereocenters. The third kappa shape index (κ3) is 3.95. The topological polar surface area (TPSA) is 26.3 Å². The van der Waals surface area contributed by atoms with E-state index in [1.807, 2.05) is 19.1 Å². The number of Topliss-reactive ketones (excluding diaryl/α,β-unsaturated/α-hetero) is 1. The van der Waals surface area contributed by atoms with Crippen LogP contribution in [0.15, 0.2) is 24.3 Å². The van der Waals surface area contributed by atoms with Gasteiger partial charge in [-0.15, -0.1) is 0 Å². The summed E-state index contributed by atoms with van der Waals surface area (Å²) < 4.78 is 5.01. The SMILES string of the molecule is COCCC(C)C(=O)c1ccc(C(C)(C)C)cc1. The van der Waals surface area contributed by atoms with Crippen molar-refractivity contribution in [1.82, 2.24) is 0 Å². The van der Waals surface area contributed by atoms with Crippen LogP contribution in [0.2, 0.25) is 0 Å². The van der Waals surface area contributed by atoms with Gasteiger partial charge in [0.15, 0.2) is 5.78 Å². The van der Waals surface area contributed by atoms with Gasteiger partial charge in [0.25, 0.3) is 0 Å². The van der Waals surface area contributed by atoms with E-state index >= 15 is 0 Å². The van der Waals surface area contributed by atoms with E-state index < -0.39 is 0 Å². The Kier molecular flexibility index (Phi) is 5.09. The summed E-state index contributed by atoms with van der Waals surface area (Å²) in [5, 5.41) is 0. The van der Waals surface area contributed by atoms with Crippen LogP contribution in [0.1, 0.15) is 50.0 Å². The van der Waals surface area contributed by atoms with E-state index in [0.717, 1.165) is 12.0 Å². The fourth-order valence-electron chi connectivity index (χ4n) is 1.84. The molecule has 1 rings (SSSR count). The first-order valence-electron chi connectivity index (χ1n) is 6.50. The van der Waals surface area contributed by atoms with Gasteiger partial charge < -0.3 is 4.74 Å². The molecule has 0 heterocycles. The molecular formula is C16H24O2. The lowest BCUT2D eigenvalue weighted by molar-refractivity contribution is 0.0893. The van der Waals surface area contributed by atoms with Crippen molar-refractivity contribution < 1.29 is 9.53 Å². The first-order valence-corrected chi connectivity index (χ1v) is 6.50. The number of carbonyl (C=O) groups excluding carboxylic acids is 1. The molecular weight excluding hydrogens is 224 g/mol. The average molecular weight is 248 g/mol. The van der Waals surface area contributed by atoms with Crippen LogP contribution in [-0.4, -0.2) is 19.5 Å². The summed E-state index contributed by atoms with van der Waals surface area (Å²) in [4.78, 5) is 12.2. The fraction of sp³-hybridized carbons (Fsp3) is 0.562. The number of ketones is 1. The Balaban J connectivity index is 2.76. The van der Waals surface area contributed by atoms with Crippen LogP contribution in [0.4, 0.5) is 0 Å². The third-order valence-electron chi connectivity index (χ3n) is 3.24. The monoisotopic (exact) mass is 248 g/mol. The molecule has 2 nitrogen and oxygen atoms in total. The Morgan fingerprint density at radius 1 is 1.22 bits per heavy atom. The zero-order chi connectivity index (χ0) is 13.8. The number of methoxy groups -OCH3 is 1. The van der Waals surface area contributed by atoms with Gasteiger partial charge in [0, 0.05) is 25.2 Å². The van der Waals surface area contributed by atoms with Crippen LogP contribution >= 0.6 is 0 Å². The normalized spacial score (nSPS) is 13.4. The molecule has 0 radical (unpaired) electrons. The van der Waals surface area contributed by atoms with Gasteiger partial charge in [-0.2, -0.15) is 0 Å². The first-order chi connectivity index (χ1) is 8.36. The van der Waals surface area contributed by atoms with Crippen molar-refractivity contribution in [2.24, 2.45) is 5.92 Å². The Morgan fingerprint density at radius 2 is 1.78 bits per heavy atom. The lowest BCUT2D eigenvalue weighted by Gasteiger charge is -2.19. The number of carbonyl (C=O) groups is 1. The zero-order valence-corrected chi connectivity index (χ0v) is 12.1. The highest BCUT2D eigenvalue weighted by molar-refractivity contribution is 5.97. The van der Waals surface area contributed by atoms with Crippen molar-refractivity contribution >= 4 is 5.78 Å². The highest BCUT2D eigenvalue weighted by Crippen LogP contribution is 2.23. The summed E-state index contributed by atoms with van der Waals surface area (Å²) in [6.07, 6.45) is 0.774. The lowest BCUT2D eigenvalue weighted by atomic mass is 9.86. The Bertz CT molecular complexity index is 385. The molecule has 0 N–H and O–H groups in total. The van der Waals surface area contributed by atoms with E-state index in [4.69, 9.17) is 4.74 Å². The van der Waals surface area contributed by atoms with Crippen molar-refractivity contribution in [2.45, 2.75) is 39.5 Å². The van der Waals surface area contributed by atoms with Crippen LogP contribution in [0, 0.1) is 5.92 Å². The molecule has 0 spiro atoms. The third-order valence-corrected chi connectivity index (χ3v) is 3.24. The van der Waals surface area contributed by atoms with Crippen molar-refractivity contribution in [3.8, 4) is 0 Å². The molecule has 0 saturated carbocycles. The smallest absolute Gasteiger partial charge is 0.165 e. The summed E-state index contributed by atoms with van der Waals surface area (Å²) in [5.74, 6) is 0.220. The zero-order valence-electron chi connectivity index (χ0n) is 12.1. The largest absolute Gasteiger partial charge is 0.385 e. The van der Waals surface area contributed by atoms with E-state index in [1.54, 1.807) is 7.11 Å². The Morgan fingerprint density at radius 3 is 2.22 bits per heavy atom. The molecule has 18 heavy (non-hydrogen) atoms. The highest BCUT2D eigenvalue weighted by Gasteiger charge is 2.17. The van der Waals surface area contributed by atoms with Gasteiger partial charge in [-0.05, 0) is 17.4 Å². The molecule has 100 valence electrons. The lowest BCUT2D eigenvalue weighted by Crippen LogP contribution is -2.15. The molecule has 0 fully saturated rings. The van der Waals surface area contributed by atoms with Crippen LogP contribution in [-0.2, 0) is 10.2 Å². The molecule has 0 aliphatic carbocycles. The quantitative estimate of drug-likeness (QED) is 0.740. The van der Waals surface area contributed by atoms with Gasteiger partial charge in [0.05, 0.1) is 0 Å². The second-order valence-electron chi connectivity index (χ2n) is 5.87. The number of benzene rings is 1. The second-order valence-corrected chi connectivity index (χ2v) is 5.87. The molecule has 0 bridgehead atoms. The number of rotatable bonds is 5. The molecule has 0 amide bonds. The maximum atomic E-state index is 12.2. The van der Waals surface area contributed by atoms with Gasteiger partial charge in [-0.25, -0.2) is 0 Å². The van der Waals surface area contributed by atoms with Crippen LogP contribution in [0.3, 0.4) is 0 Å². The van der Waals surface area contributed by atoms with Crippen molar-refractivity contribution in [2.75, 3.05) is 13.7 Å². The maximum absolute atomic E-state index is 12.2. The van der Waals surface area contributed by atoms with Gasteiger partial charge in [0.1, 0.15) is 0 Å². The molecule has 0 aliphatic rings. The summed E-state index contributed by atoms with van der Waals surface area (Å²) >= 11 is 0. The summed E-state index contributed by atoms with van der Waals surface area (Å²) in [5.41, 5.74) is 2.18. The van der Waals surface area contributed by atoms with E-state index in [1.165, 1.54) is 5.56 Å². The summed E-state index contributed by atoms with van der Waals surface area (Å²) in [6.45, 7) is 9.10. The Hall–Kier alpha value is -1.15. The standard InChI is InChI=1S/C16H24O2/c1-12(10-11-18-5)15(17)13-6-8-14(9-7-13)16(2,3)4/h6-9,12H,10-11H2,1-5H3. The summed E-state index contributed by atoms with van der Waals surface area (Å²) in [6, 6.07) is 7.98. The van der Waals surface area contributed by atoms with E-state index in [0.29, 0.717) is 6.61 Å². The second kappa shape index (κ2) is 6.14. The minimum atomic E-state index is 0.0189. The van der Waals surface area contributed by atoms with Gasteiger partial charge in [0.2, 0.25) is 0 Å². The predicted molar refractivity (Wildman–Crippen MR) is 75.1 cm³/mol. The molecule has 0 saturated heterocycles. The van der Waals surface area contributed by atoms with Crippen molar-refractivity contribution in [1.29, 1.82) is 0 Å². The summed E-state index contributed by atoms with van der Waals surface area (Å²) in [7, 11) is 1.66. The number of ether oxygens (including phenoxy) is 1. The minimum absolute atomic E-state index is 0.0189. The van der Waals surface area contributed by atoms with Crippen molar-refractivity contribution in [3.63, 3.8) is 0 Å². The number of hydrogen-bond donors (Lipinski definition) is 0. The fourth-order valence-corrected chi connectivity index (χ4v) is 1.84. The van der Waals surface area contributed by atoms with Gasteiger partial charge in [-0.1, -0.05) is 52.0 Å². The predicted octanol–water partition coefficient (Wildman–Crippen LogP) is 3.84. The van der Waals surface area contributed by atoms with Crippen LogP contribution < -0.4 is 0 Å². The van der Waals surface area contributed by atoms with Crippen LogP contribution in [0.5, 0.6) is 0 Å².